The highest BCUT2D eigenvalue weighted by Gasteiger charge is 2.13. The molecule has 0 saturated heterocycles. The highest BCUT2D eigenvalue weighted by atomic mass is 35.5. The van der Waals surface area contributed by atoms with Crippen LogP contribution in [0.3, 0.4) is 0 Å². The lowest BCUT2D eigenvalue weighted by Crippen LogP contribution is -2.12. The molecule has 29 heavy (non-hydrogen) atoms. The van der Waals surface area contributed by atoms with Gasteiger partial charge in [-0.3, -0.25) is 4.79 Å². The average molecular weight is 414 g/mol. The molecule has 0 atom stereocenters. The van der Waals surface area contributed by atoms with Crippen LogP contribution in [0.1, 0.15) is 19.4 Å². The van der Waals surface area contributed by atoms with Gasteiger partial charge >= 0.3 is 0 Å². The largest absolute Gasteiger partial charge is 0.493 e. The molecule has 0 spiro atoms. The second kappa shape index (κ2) is 9.20. The number of carbonyl (C=O) groups excluding carboxylic acids is 1. The summed E-state index contributed by atoms with van der Waals surface area (Å²) in [5.74, 6) is 1.07. The first-order valence-electron chi connectivity index (χ1n) is 8.81. The standard InChI is InChI=1S/C20H20ClN5O3/c1-13(2)29-19-15(21)9-14(10-17(19)28-3)5-6-18(27)25-16-11-22-12-23-20(16)26-8-4-7-24-26/h4-13H,1-3H3,(H,25,27)/b6-5+. The van der Waals surface area contributed by atoms with Gasteiger partial charge in [0, 0.05) is 18.5 Å². The Kier molecular flexibility index (Phi) is 6.46. The second-order valence-electron chi connectivity index (χ2n) is 6.23. The molecule has 1 aromatic carbocycles. The van der Waals surface area contributed by atoms with Gasteiger partial charge in [0.2, 0.25) is 5.91 Å². The maximum Gasteiger partial charge on any atom is 0.248 e. The highest BCUT2D eigenvalue weighted by molar-refractivity contribution is 6.32. The summed E-state index contributed by atoms with van der Waals surface area (Å²) >= 11 is 6.31. The molecular weight excluding hydrogens is 394 g/mol. The lowest BCUT2D eigenvalue weighted by molar-refractivity contribution is -0.111. The molecule has 8 nitrogen and oxygen atoms in total. The van der Waals surface area contributed by atoms with Crippen molar-refractivity contribution in [3.8, 4) is 17.3 Å². The quantitative estimate of drug-likeness (QED) is 0.593. The van der Waals surface area contributed by atoms with Crippen molar-refractivity contribution in [2.45, 2.75) is 20.0 Å². The number of ether oxygens (including phenoxy) is 2. The van der Waals surface area contributed by atoms with Gasteiger partial charge in [0.15, 0.2) is 17.3 Å². The number of anilines is 1. The monoisotopic (exact) mass is 413 g/mol. The molecule has 1 amide bonds. The van der Waals surface area contributed by atoms with Crippen molar-refractivity contribution < 1.29 is 14.3 Å². The van der Waals surface area contributed by atoms with Crippen molar-refractivity contribution in [1.29, 1.82) is 0 Å². The van der Waals surface area contributed by atoms with Crippen LogP contribution < -0.4 is 14.8 Å². The number of amides is 1. The van der Waals surface area contributed by atoms with Gasteiger partial charge in [0.1, 0.15) is 12.0 Å². The summed E-state index contributed by atoms with van der Waals surface area (Å²) in [4.78, 5) is 20.5. The van der Waals surface area contributed by atoms with Crippen molar-refractivity contribution in [2.75, 3.05) is 12.4 Å². The van der Waals surface area contributed by atoms with Crippen LogP contribution in [0.4, 0.5) is 5.69 Å². The number of hydrogen-bond donors (Lipinski definition) is 1. The SMILES string of the molecule is COc1cc(/C=C/C(=O)Nc2cncnc2-n2cccn2)cc(Cl)c1OC(C)C. The summed E-state index contributed by atoms with van der Waals surface area (Å²) in [5.41, 5.74) is 1.12. The van der Waals surface area contributed by atoms with E-state index in [1.54, 1.807) is 41.4 Å². The van der Waals surface area contributed by atoms with Gasteiger partial charge in [0.25, 0.3) is 0 Å². The number of benzene rings is 1. The van der Waals surface area contributed by atoms with Gasteiger partial charge in [-0.25, -0.2) is 14.6 Å². The fourth-order valence-electron chi connectivity index (χ4n) is 2.52. The summed E-state index contributed by atoms with van der Waals surface area (Å²) in [7, 11) is 1.53. The van der Waals surface area contributed by atoms with Crippen molar-refractivity contribution in [3.05, 3.63) is 59.8 Å². The maximum absolute atomic E-state index is 12.4. The van der Waals surface area contributed by atoms with E-state index in [4.69, 9.17) is 21.1 Å². The van der Waals surface area contributed by atoms with Crippen LogP contribution >= 0.6 is 11.6 Å². The van der Waals surface area contributed by atoms with Gasteiger partial charge in [-0.05, 0) is 43.7 Å². The van der Waals surface area contributed by atoms with Crippen LogP contribution in [0.25, 0.3) is 11.9 Å². The first-order chi connectivity index (χ1) is 14.0. The van der Waals surface area contributed by atoms with Gasteiger partial charge in [-0.1, -0.05) is 11.6 Å². The van der Waals surface area contributed by atoms with E-state index < -0.39 is 0 Å². The van der Waals surface area contributed by atoms with E-state index in [0.717, 1.165) is 0 Å². The molecular formula is C20H20ClN5O3. The van der Waals surface area contributed by atoms with E-state index in [2.05, 4.69) is 20.4 Å². The van der Waals surface area contributed by atoms with Crippen LogP contribution in [0.5, 0.6) is 11.5 Å². The molecule has 3 aromatic rings. The lowest BCUT2D eigenvalue weighted by Gasteiger charge is -2.15. The zero-order valence-electron chi connectivity index (χ0n) is 16.2. The Labute approximate surface area is 173 Å². The minimum Gasteiger partial charge on any atom is -0.493 e. The van der Waals surface area contributed by atoms with E-state index in [1.165, 1.54) is 25.7 Å². The zero-order chi connectivity index (χ0) is 20.8. The van der Waals surface area contributed by atoms with Gasteiger partial charge in [-0.2, -0.15) is 5.10 Å². The summed E-state index contributed by atoms with van der Waals surface area (Å²) in [5, 5.41) is 7.27. The van der Waals surface area contributed by atoms with Crippen molar-refractivity contribution >= 4 is 29.3 Å². The van der Waals surface area contributed by atoms with Crippen molar-refractivity contribution in [2.24, 2.45) is 0 Å². The van der Waals surface area contributed by atoms with Crippen molar-refractivity contribution in [1.82, 2.24) is 19.7 Å². The Bertz CT molecular complexity index is 1020. The third-order valence-electron chi connectivity index (χ3n) is 3.70. The second-order valence-corrected chi connectivity index (χ2v) is 6.64. The Balaban J connectivity index is 1.78. The number of rotatable bonds is 7. The zero-order valence-corrected chi connectivity index (χ0v) is 16.9. The molecule has 0 aliphatic heterocycles. The van der Waals surface area contributed by atoms with Crippen LogP contribution in [0.2, 0.25) is 5.02 Å². The van der Waals surface area contributed by atoms with Gasteiger partial charge in [-0.15, -0.1) is 0 Å². The van der Waals surface area contributed by atoms with Crippen LogP contribution in [0, 0.1) is 0 Å². The summed E-state index contributed by atoms with van der Waals surface area (Å²) in [6.45, 7) is 3.80. The third kappa shape index (κ3) is 5.11. The summed E-state index contributed by atoms with van der Waals surface area (Å²) in [6, 6.07) is 5.21. The predicted molar refractivity (Wildman–Crippen MR) is 111 cm³/mol. The smallest absolute Gasteiger partial charge is 0.248 e. The summed E-state index contributed by atoms with van der Waals surface area (Å²) in [6.07, 6.45) is 9.20. The molecule has 0 bridgehead atoms. The highest BCUT2D eigenvalue weighted by Crippen LogP contribution is 2.37. The number of aromatic nitrogens is 4. The third-order valence-corrected chi connectivity index (χ3v) is 3.98. The molecule has 0 radical (unpaired) electrons. The number of halogens is 1. The molecule has 150 valence electrons. The van der Waals surface area contributed by atoms with E-state index in [-0.39, 0.29) is 12.0 Å². The summed E-state index contributed by atoms with van der Waals surface area (Å²) < 4.78 is 12.6. The fraction of sp³-hybridized carbons (Fsp3) is 0.200. The van der Waals surface area contributed by atoms with Gasteiger partial charge in [0.05, 0.1) is 24.4 Å². The number of methoxy groups -OCH3 is 1. The van der Waals surface area contributed by atoms with E-state index >= 15 is 0 Å². The Morgan fingerprint density at radius 3 is 2.86 bits per heavy atom. The molecule has 2 aromatic heterocycles. The fourth-order valence-corrected chi connectivity index (χ4v) is 2.78. The number of carbonyl (C=O) groups is 1. The van der Waals surface area contributed by atoms with Crippen molar-refractivity contribution in [3.63, 3.8) is 0 Å². The molecule has 9 heteroatoms. The Morgan fingerprint density at radius 2 is 2.17 bits per heavy atom. The molecule has 2 heterocycles. The number of nitrogens with zero attached hydrogens (tertiary/aromatic N) is 4. The van der Waals surface area contributed by atoms with Crippen LogP contribution in [0.15, 0.2) is 49.2 Å². The molecule has 3 rings (SSSR count). The molecule has 0 unspecified atom stereocenters. The van der Waals surface area contributed by atoms with E-state index in [1.807, 2.05) is 13.8 Å². The Morgan fingerprint density at radius 1 is 1.34 bits per heavy atom. The topological polar surface area (TPSA) is 91.2 Å². The van der Waals surface area contributed by atoms with Crippen LogP contribution in [-0.4, -0.2) is 38.9 Å². The molecule has 1 N–H and O–H groups in total. The minimum absolute atomic E-state index is 0.0503. The van der Waals surface area contributed by atoms with Crippen LogP contribution in [-0.2, 0) is 4.79 Å². The van der Waals surface area contributed by atoms with E-state index in [0.29, 0.717) is 33.6 Å². The lowest BCUT2D eigenvalue weighted by atomic mass is 10.2. The molecule has 0 saturated carbocycles. The minimum atomic E-state index is -0.356. The molecule has 0 aliphatic rings. The maximum atomic E-state index is 12.4. The normalized spacial score (nSPS) is 11.1. The number of nitrogens with one attached hydrogen (secondary N) is 1. The number of hydrogen-bond acceptors (Lipinski definition) is 6. The van der Waals surface area contributed by atoms with Gasteiger partial charge < -0.3 is 14.8 Å². The first-order valence-corrected chi connectivity index (χ1v) is 9.19. The first kappa shape index (κ1) is 20.3. The van der Waals surface area contributed by atoms with E-state index in [9.17, 15) is 4.79 Å². The average Bonchev–Trinajstić information content (AvgIpc) is 3.23. The molecule has 0 fully saturated rings. The molecule has 0 aliphatic carbocycles. The Hall–Kier alpha value is -3.39. The predicted octanol–water partition coefficient (Wildman–Crippen LogP) is 3.76.